The van der Waals surface area contributed by atoms with Gasteiger partial charge in [-0.3, -0.25) is 0 Å². The fourth-order valence-electron chi connectivity index (χ4n) is 12.3. The number of hydrogen-bond donors (Lipinski definition) is 0. The molecule has 72 heavy (non-hydrogen) atoms. The summed E-state index contributed by atoms with van der Waals surface area (Å²) < 4.78 is 7.47. The van der Waals surface area contributed by atoms with Crippen LogP contribution in [0.4, 0.5) is 34.1 Å². The van der Waals surface area contributed by atoms with Crippen LogP contribution in [0.2, 0.25) is 39.3 Å². The monoisotopic (exact) mass is 962 g/mol. The Hall–Kier alpha value is -7.71. The van der Waals surface area contributed by atoms with E-state index in [-0.39, 0.29) is 0 Å². The number of hydrogen-bond acceptors (Lipinski definition) is 3. The molecule has 0 bridgehead atoms. The van der Waals surface area contributed by atoms with Crippen LogP contribution in [-0.4, -0.2) is 16.1 Å². The molecule has 1 aromatic heterocycles. The molecule has 0 fully saturated rings. The summed E-state index contributed by atoms with van der Waals surface area (Å²) in [6.45, 7) is 19.0. The average Bonchev–Trinajstić information content (AvgIpc) is 4.01. The summed E-state index contributed by atoms with van der Waals surface area (Å²) in [5, 5.41) is 7.48. The standard InChI is InChI=1S/C67H58N2OSi2/c1-43-19-17-21-47(39-43)68(45-31-35-49(36-32-45)71(3,4)5)60-41-58-63(54-26-10-9-25-53(54)60)65-59(67(58)56-28-14-11-23-51(56)52-24-12-15-29-57(52)67)42-61(64-55-27-13-16-30-62(55)70-66(64)65)69(48-22-18-20-44(2)40-48)46-33-37-50(38-34-46)72(6,7)8/h9-42H,1-8H3. The van der Waals surface area contributed by atoms with E-state index in [9.17, 15) is 0 Å². The van der Waals surface area contributed by atoms with Crippen molar-refractivity contribution >= 4 is 93.4 Å². The second kappa shape index (κ2) is 16.2. The zero-order valence-corrected chi connectivity index (χ0v) is 44.4. The van der Waals surface area contributed by atoms with Crippen LogP contribution in [0, 0.1) is 13.8 Å². The van der Waals surface area contributed by atoms with E-state index >= 15 is 0 Å². The summed E-state index contributed by atoms with van der Waals surface area (Å²) in [5.74, 6) is 0. The summed E-state index contributed by atoms with van der Waals surface area (Å²) in [6.07, 6.45) is 0. The maximum atomic E-state index is 7.47. The Kier molecular flexibility index (Phi) is 9.93. The molecule has 1 spiro atoms. The molecular formula is C67H58N2OSi2. The first-order valence-corrected chi connectivity index (χ1v) is 32.5. The third-order valence-corrected chi connectivity index (χ3v) is 19.8. The van der Waals surface area contributed by atoms with Crippen molar-refractivity contribution in [1.82, 2.24) is 0 Å². The Labute approximate surface area is 425 Å². The lowest BCUT2D eigenvalue weighted by molar-refractivity contribution is 0.669. The number of para-hydroxylation sites is 1. The fourth-order valence-corrected chi connectivity index (χ4v) is 14.6. The number of aryl methyl sites for hydroxylation is 2. The molecule has 13 rings (SSSR count). The zero-order valence-electron chi connectivity index (χ0n) is 42.4. The fraction of sp³-hybridized carbons (Fsp3) is 0.134. The maximum absolute atomic E-state index is 7.47. The summed E-state index contributed by atoms with van der Waals surface area (Å²) in [4.78, 5) is 5.01. The Bertz CT molecular complexity index is 3940. The Morgan fingerprint density at radius 1 is 0.375 bits per heavy atom. The number of anilines is 6. The van der Waals surface area contributed by atoms with Crippen LogP contribution in [0.25, 0.3) is 55.0 Å². The van der Waals surface area contributed by atoms with Crippen LogP contribution < -0.4 is 20.2 Å². The van der Waals surface area contributed by atoms with Gasteiger partial charge in [-0.25, -0.2) is 0 Å². The van der Waals surface area contributed by atoms with Gasteiger partial charge < -0.3 is 14.2 Å². The van der Waals surface area contributed by atoms with Crippen LogP contribution in [-0.2, 0) is 5.41 Å². The molecule has 2 aliphatic carbocycles. The van der Waals surface area contributed by atoms with E-state index in [1.165, 1.54) is 71.2 Å². The van der Waals surface area contributed by atoms with Crippen molar-refractivity contribution < 1.29 is 4.42 Å². The van der Waals surface area contributed by atoms with Crippen molar-refractivity contribution in [1.29, 1.82) is 0 Å². The van der Waals surface area contributed by atoms with Gasteiger partial charge in [0.15, 0.2) is 0 Å². The van der Waals surface area contributed by atoms with Gasteiger partial charge in [0, 0.05) is 39.1 Å². The highest BCUT2D eigenvalue weighted by atomic mass is 28.3. The number of fused-ring (bicyclic) bond motifs is 16. The summed E-state index contributed by atoms with van der Waals surface area (Å²) in [5.41, 5.74) is 20.3. The van der Waals surface area contributed by atoms with Gasteiger partial charge in [0.1, 0.15) is 11.2 Å². The van der Waals surface area contributed by atoms with Crippen LogP contribution in [0.5, 0.6) is 0 Å². The van der Waals surface area contributed by atoms with E-state index in [4.69, 9.17) is 4.42 Å². The van der Waals surface area contributed by atoms with Crippen molar-refractivity contribution in [3.63, 3.8) is 0 Å². The number of rotatable bonds is 8. The molecule has 3 nitrogen and oxygen atoms in total. The van der Waals surface area contributed by atoms with Crippen molar-refractivity contribution in [3.05, 3.63) is 240 Å². The molecule has 5 heteroatoms. The molecule has 0 radical (unpaired) electrons. The van der Waals surface area contributed by atoms with E-state index in [2.05, 4.69) is 269 Å². The molecule has 0 atom stereocenters. The van der Waals surface area contributed by atoms with Gasteiger partial charge in [0.05, 0.1) is 38.3 Å². The van der Waals surface area contributed by atoms with Gasteiger partial charge in [-0.2, -0.15) is 0 Å². The smallest absolute Gasteiger partial charge is 0.145 e. The van der Waals surface area contributed by atoms with Gasteiger partial charge in [-0.1, -0.05) is 189 Å². The first-order chi connectivity index (χ1) is 34.8. The lowest BCUT2D eigenvalue weighted by atomic mass is 9.70. The highest BCUT2D eigenvalue weighted by molar-refractivity contribution is 6.89. The first kappa shape index (κ1) is 44.2. The molecule has 0 unspecified atom stereocenters. The molecule has 11 aromatic rings. The molecular weight excluding hydrogens is 905 g/mol. The molecule has 350 valence electrons. The zero-order chi connectivity index (χ0) is 49.3. The van der Waals surface area contributed by atoms with Crippen LogP contribution in [0.3, 0.4) is 0 Å². The Balaban J connectivity index is 1.20. The van der Waals surface area contributed by atoms with E-state index in [0.717, 1.165) is 61.6 Å². The number of furan rings is 1. The minimum Gasteiger partial charge on any atom is -0.455 e. The third-order valence-electron chi connectivity index (χ3n) is 15.6. The molecule has 0 N–H and O–H groups in total. The lowest BCUT2D eigenvalue weighted by Gasteiger charge is -2.34. The van der Waals surface area contributed by atoms with Crippen molar-refractivity contribution in [2.75, 3.05) is 9.80 Å². The van der Waals surface area contributed by atoms with Gasteiger partial charge in [-0.15, -0.1) is 0 Å². The average molecular weight is 963 g/mol. The number of benzene rings is 10. The van der Waals surface area contributed by atoms with E-state index in [0.29, 0.717) is 0 Å². The summed E-state index contributed by atoms with van der Waals surface area (Å²) in [7, 11) is -3.17. The summed E-state index contributed by atoms with van der Waals surface area (Å²) in [6, 6.07) is 78.1. The van der Waals surface area contributed by atoms with Crippen LogP contribution in [0.15, 0.2) is 211 Å². The number of nitrogens with zero attached hydrogens (tertiary/aromatic N) is 2. The second-order valence-electron chi connectivity index (χ2n) is 22.3. The van der Waals surface area contributed by atoms with Gasteiger partial charge >= 0.3 is 0 Å². The normalized spacial score (nSPS) is 13.4. The molecule has 0 saturated carbocycles. The predicted octanol–water partition coefficient (Wildman–Crippen LogP) is 17.7. The molecule has 0 saturated heterocycles. The van der Waals surface area contributed by atoms with Crippen molar-refractivity contribution in [2.45, 2.75) is 58.5 Å². The topological polar surface area (TPSA) is 19.6 Å². The van der Waals surface area contributed by atoms with Crippen molar-refractivity contribution in [2.24, 2.45) is 0 Å². The van der Waals surface area contributed by atoms with Gasteiger partial charge in [0.2, 0.25) is 0 Å². The van der Waals surface area contributed by atoms with Gasteiger partial charge in [0.25, 0.3) is 0 Å². The molecule has 0 amide bonds. The van der Waals surface area contributed by atoms with Crippen LogP contribution >= 0.6 is 0 Å². The second-order valence-corrected chi connectivity index (χ2v) is 32.4. The lowest BCUT2D eigenvalue weighted by Crippen LogP contribution is -2.37. The molecule has 0 aliphatic heterocycles. The molecule has 10 aromatic carbocycles. The predicted molar refractivity (Wildman–Crippen MR) is 312 cm³/mol. The van der Waals surface area contributed by atoms with Crippen molar-refractivity contribution in [3.8, 4) is 22.3 Å². The SMILES string of the molecule is Cc1cccc(N(c2ccc([Si](C)(C)C)cc2)c2cc3c(c4ccccc24)-c2c(cc(N(c4ccc([Si](C)(C)C)cc4)c4cccc(C)c4)c4c2oc2ccccc24)C32c3ccccc3-c3ccccc32)c1. The Morgan fingerprint density at radius 3 is 1.38 bits per heavy atom. The molecule has 1 heterocycles. The van der Waals surface area contributed by atoms with E-state index < -0.39 is 21.6 Å². The van der Waals surface area contributed by atoms with Gasteiger partial charge in [-0.05, 0) is 136 Å². The van der Waals surface area contributed by atoms with Crippen LogP contribution in [0.1, 0.15) is 33.4 Å². The highest BCUT2D eigenvalue weighted by Crippen LogP contribution is 2.67. The molecule has 2 aliphatic rings. The van der Waals surface area contributed by atoms with E-state index in [1.54, 1.807) is 0 Å². The maximum Gasteiger partial charge on any atom is 0.145 e. The minimum absolute atomic E-state index is 0.710. The minimum atomic E-state index is -1.59. The quantitative estimate of drug-likeness (QED) is 0.142. The Morgan fingerprint density at radius 2 is 0.833 bits per heavy atom. The highest BCUT2D eigenvalue weighted by Gasteiger charge is 2.54. The first-order valence-electron chi connectivity index (χ1n) is 25.5. The largest absolute Gasteiger partial charge is 0.455 e. The van der Waals surface area contributed by atoms with E-state index in [1.807, 2.05) is 0 Å². The third kappa shape index (κ3) is 6.60. The summed E-state index contributed by atoms with van der Waals surface area (Å²) >= 11 is 0.